The lowest BCUT2D eigenvalue weighted by Gasteiger charge is -2.29. The quantitative estimate of drug-likeness (QED) is 0.181. The van der Waals surface area contributed by atoms with Gasteiger partial charge in [-0.15, -0.1) is 0 Å². The van der Waals surface area contributed by atoms with Gasteiger partial charge in [-0.3, -0.25) is 0 Å². The van der Waals surface area contributed by atoms with Crippen molar-refractivity contribution < 1.29 is 17.9 Å². The monoisotopic (exact) mass is 550 g/mol. The Morgan fingerprint density at radius 1 is 0.675 bits per heavy atom. The third-order valence-electron chi connectivity index (χ3n) is 8.42. The highest BCUT2D eigenvalue weighted by Crippen LogP contribution is 2.35. The van der Waals surface area contributed by atoms with E-state index in [9.17, 15) is 8.78 Å². The lowest BCUT2D eigenvalue weighted by Crippen LogP contribution is -2.20. The van der Waals surface area contributed by atoms with Crippen LogP contribution in [0.2, 0.25) is 0 Å². The molecule has 3 aromatic rings. The zero-order chi connectivity index (χ0) is 28.3. The van der Waals surface area contributed by atoms with Gasteiger partial charge in [-0.05, 0) is 66.3 Å². The van der Waals surface area contributed by atoms with Crippen LogP contribution in [0.15, 0.2) is 54.6 Å². The molecule has 1 saturated heterocycles. The maximum atomic E-state index is 15.2. The molecule has 1 heterocycles. The highest BCUT2D eigenvalue weighted by atomic mass is 19.2. The van der Waals surface area contributed by atoms with Crippen molar-refractivity contribution in [2.24, 2.45) is 5.92 Å². The summed E-state index contributed by atoms with van der Waals surface area (Å²) in [6, 6.07) is 15.7. The number of benzene rings is 3. The van der Waals surface area contributed by atoms with E-state index in [2.05, 4.69) is 13.8 Å². The molecule has 0 spiro atoms. The smallest absolute Gasteiger partial charge is 0.166 e. The third kappa shape index (κ3) is 8.00. The number of ether oxygens (including phenoxy) is 1. The Bertz CT molecular complexity index is 1200. The van der Waals surface area contributed by atoms with E-state index in [0.717, 1.165) is 44.3 Å². The van der Waals surface area contributed by atoms with Gasteiger partial charge in [-0.1, -0.05) is 114 Å². The molecule has 2 atom stereocenters. The Kier molecular flexibility index (Phi) is 11.7. The Morgan fingerprint density at radius 2 is 1.32 bits per heavy atom. The fraction of sp³-hybridized carbons (Fsp3) is 0.500. The van der Waals surface area contributed by atoms with Gasteiger partial charge in [-0.2, -0.15) is 0 Å². The first kappa shape index (κ1) is 30.4. The molecule has 1 aliphatic heterocycles. The summed E-state index contributed by atoms with van der Waals surface area (Å²) in [4.78, 5) is 0. The highest BCUT2D eigenvalue weighted by molar-refractivity contribution is 5.71. The number of hydrogen-bond donors (Lipinski definition) is 0. The summed E-state index contributed by atoms with van der Waals surface area (Å²) in [5, 5.41) is 0. The van der Waals surface area contributed by atoms with Crippen LogP contribution in [0.3, 0.4) is 0 Å². The molecule has 2 unspecified atom stereocenters. The fourth-order valence-corrected chi connectivity index (χ4v) is 5.88. The lowest BCUT2D eigenvalue weighted by molar-refractivity contribution is -0.0200. The van der Waals surface area contributed by atoms with E-state index in [4.69, 9.17) is 4.74 Å². The number of hydrogen-bond acceptors (Lipinski definition) is 1. The van der Waals surface area contributed by atoms with Crippen LogP contribution in [0.25, 0.3) is 22.3 Å². The predicted molar refractivity (Wildman–Crippen MR) is 160 cm³/mol. The highest BCUT2D eigenvalue weighted by Gasteiger charge is 2.23. The molecule has 1 aliphatic rings. The van der Waals surface area contributed by atoms with Crippen LogP contribution in [0.4, 0.5) is 13.2 Å². The zero-order valence-corrected chi connectivity index (χ0v) is 24.3. The van der Waals surface area contributed by atoms with Crippen molar-refractivity contribution in [3.8, 4) is 22.3 Å². The molecule has 1 nitrogen and oxygen atoms in total. The van der Waals surface area contributed by atoms with Gasteiger partial charge < -0.3 is 4.74 Å². The second-order valence-corrected chi connectivity index (χ2v) is 11.5. The molecule has 3 aromatic carbocycles. The molecule has 0 radical (unpaired) electrons. The molecular formula is C36H45F3O. The van der Waals surface area contributed by atoms with Gasteiger partial charge in [0.2, 0.25) is 0 Å². The van der Waals surface area contributed by atoms with E-state index in [0.29, 0.717) is 34.6 Å². The summed E-state index contributed by atoms with van der Waals surface area (Å²) in [6.07, 6.45) is 14.2. The van der Waals surface area contributed by atoms with Crippen molar-refractivity contribution >= 4 is 0 Å². The summed E-state index contributed by atoms with van der Waals surface area (Å²) in [7, 11) is 0. The van der Waals surface area contributed by atoms with Crippen molar-refractivity contribution in [1.29, 1.82) is 0 Å². The van der Waals surface area contributed by atoms with Crippen molar-refractivity contribution in [3.05, 3.63) is 83.2 Å². The van der Waals surface area contributed by atoms with Gasteiger partial charge in [0.1, 0.15) is 5.82 Å². The van der Waals surface area contributed by atoms with E-state index in [1.165, 1.54) is 44.9 Å². The van der Waals surface area contributed by atoms with Crippen molar-refractivity contribution in [1.82, 2.24) is 0 Å². The Hall–Kier alpha value is -2.59. The van der Waals surface area contributed by atoms with E-state index >= 15 is 4.39 Å². The average molecular weight is 551 g/mol. The van der Waals surface area contributed by atoms with Gasteiger partial charge in [0.05, 0.1) is 12.7 Å². The maximum absolute atomic E-state index is 15.2. The summed E-state index contributed by atoms with van der Waals surface area (Å²) in [5.41, 5.74) is 3.31. The number of rotatable bonds is 14. The molecule has 4 rings (SSSR count). The number of unbranched alkanes of at least 4 members (excludes halogenated alkanes) is 7. The number of aryl methyl sites for hydroxylation is 1. The van der Waals surface area contributed by atoms with E-state index in [1.807, 2.05) is 6.07 Å². The van der Waals surface area contributed by atoms with E-state index < -0.39 is 11.6 Å². The molecule has 0 aliphatic carbocycles. The molecule has 4 heteroatoms. The normalized spacial score (nSPS) is 17.3. The second kappa shape index (κ2) is 15.4. The van der Waals surface area contributed by atoms with Crippen LogP contribution in [-0.2, 0) is 11.2 Å². The average Bonchev–Trinajstić information content (AvgIpc) is 2.98. The Balaban J connectivity index is 1.37. The molecule has 0 N–H and O–H groups in total. The van der Waals surface area contributed by atoms with Gasteiger partial charge in [0.25, 0.3) is 0 Å². The van der Waals surface area contributed by atoms with Gasteiger partial charge in [0.15, 0.2) is 11.6 Å². The summed E-state index contributed by atoms with van der Waals surface area (Å²) < 4.78 is 51.1. The first-order valence-electron chi connectivity index (χ1n) is 15.5. The van der Waals surface area contributed by atoms with Crippen LogP contribution >= 0.6 is 0 Å². The van der Waals surface area contributed by atoms with Gasteiger partial charge in [-0.25, -0.2) is 13.2 Å². The van der Waals surface area contributed by atoms with Gasteiger partial charge in [0, 0.05) is 11.1 Å². The van der Waals surface area contributed by atoms with E-state index in [1.54, 1.807) is 48.5 Å². The molecule has 0 bridgehead atoms. The maximum Gasteiger partial charge on any atom is 0.166 e. The minimum Gasteiger partial charge on any atom is -0.373 e. The Morgan fingerprint density at radius 3 is 2.00 bits per heavy atom. The van der Waals surface area contributed by atoms with Crippen LogP contribution in [0, 0.1) is 23.4 Å². The Labute approximate surface area is 239 Å². The van der Waals surface area contributed by atoms with Crippen molar-refractivity contribution in [2.45, 2.75) is 103 Å². The lowest BCUT2D eigenvalue weighted by atomic mass is 9.90. The van der Waals surface area contributed by atoms with Crippen LogP contribution in [0.5, 0.6) is 0 Å². The minimum absolute atomic E-state index is 0.0600. The number of halogens is 3. The molecule has 0 saturated carbocycles. The molecule has 216 valence electrons. The second-order valence-electron chi connectivity index (χ2n) is 11.5. The third-order valence-corrected chi connectivity index (χ3v) is 8.42. The van der Waals surface area contributed by atoms with Gasteiger partial charge >= 0.3 is 0 Å². The van der Waals surface area contributed by atoms with Crippen LogP contribution in [0.1, 0.15) is 108 Å². The summed E-state index contributed by atoms with van der Waals surface area (Å²) in [5.74, 6) is -1.25. The molecule has 0 amide bonds. The van der Waals surface area contributed by atoms with Crippen molar-refractivity contribution in [3.63, 3.8) is 0 Å². The van der Waals surface area contributed by atoms with Crippen LogP contribution < -0.4 is 0 Å². The first-order chi connectivity index (χ1) is 19.5. The first-order valence-corrected chi connectivity index (χ1v) is 15.5. The SMILES string of the molecule is CCCCCCCCc1ccc(-c2ccc(-c3ccc(C4CCC(CCCCC)CO4)cc3F)cc2)c(F)c1F. The van der Waals surface area contributed by atoms with Crippen LogP contribution in [-0.4, -0.2) is 6.61 Å². The fourth-order valence-electron chi connectivity index (χ4n) is 5.88. The summed E-state index contributed by atoms with van der Waals surface area (Å²) in [6.45, 7) is 5.15. The minimum atomic E-state index is -0.813. The largest absolute Gasteiger partial charge is 0.373 e. The molecule has 40 heavy (non-hydrogen) atoms. The standard InChI is InChI=1S/C36H45F3O/c1-3-5-7-8-9-11-13-29-19-22-32(36(39)35(29)38)28-17-15-27(16-18-28)31-21-20-30(24-33(31)37)34-23-14-26(25-40-34)12-10-6-4-2/h15-22,24,26,34H,3-14,23,25H2,1-2H3. The molecule has 0 aromatic heterocycles. The predicted octanol–water partition coefficient (Wildman–Crippen LogP) is 11.4. The topological polar surface area (TPSA) is 9.23 Å². The summed E-state index contributed by atoms with van der Waals surface area (Å²) >= 11 is 0. The zero-order valence-electron chi connectivity index (χ0n) is 24.3. The van der Waals surface area contributed by atoms with E-state index in [-0.39, 0.29) is 17.5 Å². The molecular weight excluding hydrogens is 505 g/mol. The molecule has 1 fully saturated rings. The van der Waals surface area contributed by atoms with Crippen molar-refractivity contribution in [2.75, 3.05) is 6.61 Å².